The Kier molecular flexibility index (Phi) is 6.81. The maximum absolute atomic E-state index is 14.3. The molecule has 42 heavy (non-hydrogen) atoms. The van der Waals surface area contributed by atoms with Crippen LogP contribution in [0.1, 0.15) is 87.4 Å². The number of rotatable bonds is 3. The van der Waals surface area contributed by atoms with Gasteiger partial charge in [-0.1, -0.05) is 89.3 Å². The molecule has 216 valence electrons. The van der Waals surface area contributed by atoms with Gasteiger partial charge in [0.25, 0.3) is 5.56 Å². The number of phenols is 1. The van der Waals surface area contributed by atoms with E-state index in [1.165, 1.54) is 22.5 Å². The van der Waals surface area contributed by atoms with Crippen LogP contribution in [0.5, 0.6) is 11.5 Å². The van der Waals surface area contributed by atoms with Crippen LogP contribution in [0.15, 0.2) is 76.0 Å². The van der Waals surface area contributed by atoms with Crippen molar-refractivity contribution in [3.63, 3.8) is 0 Å². The average Bonchev–Trinajstić information content (AvgIpc) is 3.25. The van der Waals surface area contributed by atoms with Gasteiger partial charge in [0.05, 0.1) is 23.4 Å². The van der Waals surface area contributed by atoms with Gasteiger partial charge in [0.2, 0.25) is 0 Å². The molecule has 1 aromatic heterocycles. The molecule has 0 saturated heterocycles. The molecule has 5 nitrogen and oxygen atoms in total. The zero-order chi connectivity index (χ0) is 30.0. The Bertz CT molecular complexity index is 1880. The normalized spacial score (nSPS) is 16.9. The predicted molar refractivity (Wildman–Crippen MR) is 171 cm³/mol. The van der Waals surface area contributed by atoms with Gasteiger partial charge in [0.1, 0.15) is 11.5 Å². The van der Waals surface area contributed by atoms with E-state index in [-0.39, 0.29) is 22.4 Å². The zero-order valence-corrected chi connectivity index (χ0v) is 26.2. The molecular weight excluding hydrogens is 540 g/mol. The summed E-state index contributed by atoms with van der Waals surface area (Å²) in [5, 5.41) is 11.2. The smallest absolute Gasteiger partial charge is 0.271 e. The summed E-state index contributed by atoms with van der Waals surface area (Å²) in [4.78, 5) is 20.1. The Balaban J connectivity index is 1.60. The first-order valence-corrected chi connectivity index (χ1v) is 15.3. The molecule has 4 aromatic rings. The average molecular weight is 579 g/mol. The monoisotopic (exact) mass is 578 g/mol. The van der Waals surface area contributed by atoms with Crippen LogP contribution in [0.2, 0.25) is 0 Å². The van der Waals surface area contributed by atoms with Gasteiger partial charge >= 0.3 is 0 Å². The zero-order valence-electron chi connectivity index (χ0n) is 25.4. The van der Waals surface area contributed by atoms with Crippen LogP contribution in [0, 0.1) is 0 Å². The molecule has 0 radical (unpaired) electrons. The summed E-state index contributed by atoms with van der Waals surface area (Å²) in [7, 11) is 1.66. The van der Waals surface area contributed by atoms with Crippen molar-refractivity contribution in [2.75, 3.05) is 7.11 Å². The lowest BCUT2D eigenvalue weighted by Gasteiger charge is -2.30. The van der Waals surface area contributed by atoms with E-state index in [9.17, 15) is 9.90 Å². The third kappa shape index (κ3) is 4.82. The van der Waals surface area contributed by atoms with Crippen LogP contribution >= 0.6 is 11.3 Å². The molecule has 6 heteroatoms. The minimum absolute atomic E-state index is 0.0485. The highest BCUT2D eigenvalue weighted by Crippen LogP contribution is 2.42. The molecule has 0 saturated carbocycles. The second-order valence-electron chi connectivity index (χ2n) is 13.4. The van der Waals surface area contributed by atoms with Crippen molar-refractivity contribution in [2.24, 2.45) is 4.99 Å². The first-order valence-electron chi connectivity index (χ1n) is 14.5. The van der Waals surface area contributed by atoms with E-state index in [2.05, 4.69) is 77.9 Å². The number of aryl methyl sites for hydroxylation is 1. The molecule has 1 N–H and O–H groups in total. The van der Waals surface area contributed by atoms with Crippen LogP contribution < -0.4 is 19.6 Å². The summed E-state index contributed by atoms with van der Waals surface area (Å²) in [6.07, 6.45) is 3.73. The molecule has 1 aliphatic carbocycles. The number of methoxy groups -OCH3 is 1. The van der Waals surface area contributed by atoms with Gasteiger partial charge in [0, 0.05) is 16.7 Å². The fraction of sp³-hybridized carbons (Fsp3) is 0.333. The molecule has 0 fully saturated rings. The van der Waals surface area contributed by atoms with E-state index in [1.807, 2.05) is 34.9 Å². The van der Waals surface area contributed by atoms with Crippen molar-refractivity contribution >= 4 is 23.1 Å². The first-order chi connectivity index (χ1) is 19.9. The topological polar surface area (TPSA) is 63.8 Å². The molecule has 0 spiro atoms. The molecule has 3 aromatic carbocycles. The predicted octanol–water partition coefficient (Wildman–Crippen LogP) is 6.63. The molecule has 6 rings (SSSR count). The van der Waals surface area contributed by atoms with E-state index in [0.29, 0.717) is 15.1 Å². The number of thiazole rings is 1. The van der Waals surface area contributed by atoms with Gasteiger partial charge in [-0.3, -0.25) is 9.36 Å². The fourth-order valence-electron chi connectivity index (χ4n) is 6.14. The number of hydrogen-bond acceptors (Lipinski definition) is 5. The van der Waals surface area contributed by atoms with Gasteiger partial charge < -0.3 is 9.84 Å². The molecule has 1 aliphatic heterocycles. The van der Waals surface area contributed by atoms with Crippen LogP contribution in [-0.2, 0) is 17.3 Å². The first kappa shape index (κ1) is 28.2. The largest absolute Gasteiger partial charge is 0.507 e. The van der Waals surface area contributed by atoms with Gasteiger partial charge in [-0.15, -0.1) is 0 Å². The molecule has 2 heterocycles. The SMILES string of the molecule is COc1ccc([C@H]2C3=C(N=c4s/c(=C\c5cc(C(C)(C)C)c(O)c(C(C)(C)C)c5)c(=O)n42)c2ccccc2CC3)cc1. The maximum atomic E-state index is 14.3. The van der Waals surface area contributed by atoms with Crippen molar-refractivity contribution in [1.82, 2.24) is 4.57 Å². The standard InChI is InChI=1S/C36H38N2O3S/c1-35(2,3)27-18-21(19-28(32(27)39)36(4,5)6)20-29-33(40)38-31(23-12-15-24(41-7)16-13-23)26-17-14-22-10-8-9-11-25(22)30(26)37-34(38)42-29/h8-13,15-16,18-20,31,39H,14,17H2,1-7H3/b29-20-/t31-/m0/s1. The third-order valence-electron chi connectivity index (χ3n) is 8.35. The minimum Gasteiger partial charge on any atom is -0.507 e. The number of nitrogens with zero attached hydrogens (tertiary/aromatic N) is 2. The van der Waals surface area contributed by atoms with Crippen LogP contribution in [-0.4, -0.2) is 16.8 Å². The highest BCUT2D eigenvalue weighted by molar-refractivity contribution is 7.07. The Labute approximate surface area is 251 Å². The van der Waals surface area contributed by atoms with Crippen molar-refractivity contribution in [1.29, 1.82) is 0 Å². The lowest BCUT2D eigenvalue weighted by atomic mass is 9.78. The minimum atomic E-state index is -0.261. The molecule has 0 unspecified atom stereocenters. The van der Waals surface area contributed by atoms with Crippen LogP contribution in [0.3, 0.4) is 0 Å². The summed E-state index contributed by atoms with van der Waals surface area (Å²) >= 11 is 1.43. The lowest BCUT2D eigenvalue weighted by molar-refractivity contribution is 0.414. The van der Waals surface area contributed by atoms with E-state index < -0.39 is 0 Å². The summed E-state index contributed by atoms with van der Waals surface area (Å²) < 4.78 is 7.94. The summed E-state index contributed by atoms with van der Waals surface area (Å²) in [5.74, 6) is 1.12. The number of benzene rings is 3. The van der Waals surface area contributed by atoms with Crippen molar-refractivity contribution in [3.8, 4) is 11.5 Å². The summed E-state index contributed by atoms with van der Waals surface area (Å²) in [6, 6.07) is 20.3. The van der Waals surface area contributed by atoms with Gasteiger partial charge in [0.15, 0.2) is 4.80 Å². The number of allylic oxidation sites excluding steroid dienone is 1. The van der Waals surface area contributed by atoms with Crippen molar-refractivity contribution in [3.05, 3.63) is 119 Å². The quantitative estimate of drug-likeness (QED) is 0.297. The summed E-state index contributed by atoms with van der Waals surface area (Å²) in [5.41, 5.74) is 7.72. The van der Waals surface area contributed by atoms with Crippen molar-refractivity contribution < 1.29 is 9.84 Å². The Morgan fingerprint density at radius 2 is 1.60 bits per heavy atom. The number of ether oxygens (including phenoxy) is 1. The maximum Gasteiger partial charge on any atom is 0.271 e. The Hall–Kier alpha value is -3.90. The number of hydrogen-bond donors (Lipinski definition) is 1. The third-order valence-corrected chi connectivity index (χ3v) is 9.33. The summed E-state index contributed by atoms with van der Waals surface area (Å²) in [6.45, 7) is 12.6. The van der Waals surface area contributed by atoms with Crippen molar-refractivity contribution in [2.45, 2.75) is 71.3 Å². The highest BCUT2D eigenvalue weighted by atomic mass is 32.1. The van der Waals surface area contributed by atoms with Crippen LogP contribution in [0.25, 0.3) is 11.8 Å². The van der Waals surface area contributed by atoms with Gasteiger partial charge in [-0.25, -0.2) is 4.99 Å². The van der Waals surface area contributed by atoms with E-state index in [0.717, 1.165) is 52.1 Å². The molecular formula is C36H38N2O3S. The van der Waals surface area contributed by atoms with E-state index in [4.69, 9.17) is 9.73 Å². The molecule has 0 amide bonds. The molecule has 0 bridgehead atoms. The second-order valence-corrected chi connectivity index (χ2v) is 14.4. The van der Waals surface area contributed by atoms with E-state index >= 15 is 0 Å². The van der Waals surface area contributed by atoms with E-state index in [1.54, 1.807) is 7.11 Å². The number of aromatic nitrogens is 1. The number of fused-ring (bicyclic) bond motifs is 3. The number of phenolic OH excluding ortho intramolecular Hbond substituents is 1. The van der Waals surface area contributed by atoms with Crippen LogP contribution in [0.4, 0.5) is 0 Å². The Morgan fingerprint density at radius 1 is 0.952 bits per heavy atom. The Morgan fingerprint density at radius 3 is 2.21 bits per heavy atom. The molecule has 2 aliphatic rings. The lowest BCUT2D eigenvalue weighted by Crippen LogP contribution is -2.38. The molecule has 1 atom stereocenters. The van der Waals surface area contributed by atoms with Gasteiger partial charge in [-0.05, 0) is 76.3 Å². The number of aromatic hydroxyl groups is 1. The fourth-order valence-corrected chi connectivity index (χ4v) is 7.14. The van der Waals surface area contributed by atoms with Gasteiger partial charge in [-0.2, -0.15) is 0 Å². The highest BCUT2D eigenvalue weighted by Gasteiger charge is 2.33. The second kappa shape index (κ2) is 10.1.